The molecule has 0 aromatic heterocycles. The van der Waals surface area contributed by atoms with Crippen LogP contribution in [0, 0.1) is 0 Å². The van der Waals surface area contributed by atoms with E-state index in [1.807, 2.05) is 0 Å². The van der Waals surface area contributed by atoms with Crippen LogP contribution in [0.3, 0.4) is 0 Å². The molecule has 0 fully saturated rings. The van der Waals surface area contributed by atoms with Gasteiger partial charge in [0.2, 0.25) is 0 Å². The lowest BCUT2D eigenvalue weighted by Crippen LogP contribution is -2.28. The van der Waals surface area contributed by atoms with E-state index in [9.17, 15) is 14.7 Å². The van der Waals surface area contributed by atoms with Crippen LogP contribution in [0.25, 0.3) is 0 Å². The number of carbonyl (C=O) groups excluding carboxylic acids is 2. The molecule has 78 heavy (non-hydrogen) atoms. The van der Waals surface area contributed by atoms with Crippen molar-refractivity contribution in [2.75, 3.05) is 13.2 Å². The summed E-state index contributed by atoms with van der Waals surface area (Å²) in [6.07, 6.45) is 102. The Kier molecular flexibility index (Phi) is 63.0. The van der Waals surface area contributed by atoms with Crippen LogP contribution < -0.4 is 0 Å². The van der Waals surface area contributed by atoms with Crippen LogP contribution in [-0.4, -0.2) is 36.4 Å². The maximum absolute atomic E-state index is 12.3. The Hall–Kier alpha value is -4.48. The summed E-state index contributed by atoms with van der Waals surface area (Å²) < 4.78 is 10.7. The molecule has 0 radical (unpaired) electrons. The molecule has 0 aromatic carbocycles. The largest absolute Gasteiger partial charge is 0.462 e. The summed E-state index contributed by atoms with van der Waals surface area (Å²) in [5.74, 6) is -0.610. The highest BCUT2D eigenvalue weighted by atomic mass is 16.6. The zero-order valence-corrected chi connectivity index (χ0v) is 50.4. The lowest BCUT2D eigenvalue weighted by atomic mass is 10.1. The predicted octanol–water partition coefficient (Wildman–Crippen LogP) is 22.3. The summed E-state index contributed by atoms with van der Waals surface area (Å²) in [5, 5.41) is 9.68. The van der Waals surface area contributed by atoms with Crippen LogP contribution in [0.2, 0.25) is 0 Å². The highest BCUT2D eigenvalue weighted by Crippen LogP contribution is 2.15. The second kappa shape index (κ2) is 66.8. The van der Waals surface area contributed by atoms with Crippen molar-refractivity contribution in [3.05, 3.63) is 158 Å². The molecule has 1 unspecified atom stereocenters. The molecule has 0 rings (SSSR count). The van der Waals surface area contributed by atoms with Crippen molar-refractivity contribution in [3.8, 4) is 0 Å². The van der Waals surface area contributed by atoms with Crippen molar-refractivity contribution in [1.29, 1.82) is 0 Å². The summed E-state index contributed by atoms with van der Waals surface area (Å²) >= 11 is 0. The normalized spacial score (nSPS) is 13.3. The fourth-order valence-corrected chi connectivity index (χ4v) is 8.53. The quantitative estimate of drug-likeness (QED) is 0.0373. The lowest BCUT2D eigenvalue weighted by molar-refractivity contribution is -0.161. The van der Waals surface area contributed by atoms with Gasteiger partial charge in [0.1, 0.15) is 6.61 Å². The first kappa shape index (κ1) is 73.5. The van der Waals surface area contributed by atoms with Crippen LogP contribution in [-0.2, 0) is 19.1 Å². The van der Waals surface area contributed by atoms with Gasteiger partial charge in [-0.2, -0.15) is 0 Å². The highest BCUT2D eigenvalue weighted by molar-refractivity contribution is 5.70. The zero-order chi connectivity index (χ0) is 56.2. The molecule has 0 aliphatic carbocycles. The van der Waals surface area contributed by atoms with E-state index in [-0.39, 0.29) is 25.2 Å². The van der Waals surface area contributed by atoms with E-state index >= 15 is 0 Å². The number of hydrogen-bond donors (Lipinski definition) is 1. The molecule has 0 saturated carbocycles. The van der Waals surface area contributed by atoms with Gasteiger partial charge in [-0.3, -0.25) is 9.59 Å². The Bertz CT molecular complexity index is 1690. The first-order chi connectivity index (χ1) is 38.6. The first-order valence-corrected chi connectivity index (χ1v) is 32.0. The summed E-state index contributed by atoms with van der Waals surface area (Å²) in [6.45, 7) is 4.01. The molecule has 0 bridgehead atoms. The second-order valence-electron chi connectivity index (χ2n) is 20.8. The molecule has 0 aromatic rings. The van der Waals surface area contributed by atoms with Gasteiger partial charge in [0.25, 0.3) is 0 Å². The van der Waals surface area contributed by atoms with Crippen molar-refractivity contribution in [1.82, 2.24) is 0 Å². The summed E-state index contributed by atoms with van der Waals surface area (Å²) in [4.78, 5) is 24.6. The summed E-state index contributed by atoms with van der Waals surface area (Å²) in [7, 11) is 0. The van der Waals surface area contributed by atoms with E-state index in [1.54, 1.807) is 0 Å². The van der Waals surface area contributed by atoms with E-state index in [0.717, 1.165) is 122 Å². The van der Waals surface area contributed by atoms with Crippen molar-refractivity contribution >= 4 is 11.9 Å². The number of aliphatic hydroxyl groups excluding tert-OH is 1. The van der Waals surface area contributed by atoms with Gasteiger partial charge in [-0.1, -0.05) is 287 Å². The maximum atomic E-state index is 12.3. The molecule has 0 heterocycles. The van der Waals surface area contributed by atoms with Gasteiger partial charge in [-0.25, -0.2) is 0 Å². The van der Waals surface area contributed by atoms with E-state index in [2.05, 4.69) is 172 Å². The number of carbonyl (C=O) groups is 2. The molecule has 440 valence electrons. The fourth-order valence-electron chi connectivity index (χ4n) is 8.53. The van der Waals surface area contributed by atoms with Crippen LogP contribution in [0.15, 0.2) is 158 Å². The molecule has 0 aliphatic rings. The van der Waals surface area contributed by atoms with Gasteiger partial charge in [0, 0.05) is 12.8 Å². The summed E-state index contributed by atoms with van der Waals surface area (Å²) in [6, 6.07) is 0. The Balaban J connectivity index is 3.60. The number of hydrogen-bond acceptors (Lipinski definition) is 5. The highest BCUT2D eigenvalue weighted by Gasteiger charge is 2.16. The number of esters is 2. The third-order valence-electron chi connectivity index (χ3n) is 13.3. The monoisotopic (exact) mass is 1070 g/mol. The van der Waals surface area contributed by atoms with Crippen LogP contribution in [0.4, 0.5) is 0 Å². The van der Waals surface area contributed by atoms with Crippen molar-refractivity contribution in [3.63, 3.8) is 0 Å². The topological polar surface area (TPSA) is 72.8 Å². The van der Waals surface area contributed by atoms with Crippen LogP contribution in [0.5, 0.6) is 0 Å². The van der Waals surface area contributed by atoms with Crippen molar-refractivity contribution in [2.24, 2.45) is 0 Å². The van der Waals surface area contributed by atoms with Gasteiger partial charge < -0.3 is 14.6 Å². The molecule has 5 nitrogen and oxygen atoms in total. The minimum atomic E-state index is -0.791. The Morgan fingerprint density at radius 3 is 0.833 bits per heavy atom. The van der Waals surface area contributed by atoms with E-state index in [1.165, 1.54) is 122 Å². The van der Waals surface area contributed by atoms with Crippen LogP contribution >= 0.6 is 0 Å². The molecular weight excluding hydrogens is 957 g/mol. The molecule has 0 spiro atoms. The SMILES string of the molecule is CC/C=C\C/C=C\C/C=C\C/C=C\C/C=C\C/C=C\C/C=C\C/C=C\C/C=C\C/C=C\CCCCCCCCCCC(=O)OC(CO)COC(=O)CCCCCCCCCCCC/C=C\C/C=C\C/C=C\CCCCCCC. The number of rotatable bonds is 57. The standard InChI is InChI=1S/C73H118O5/c1-3-5-7-9-11-13-15-17-19-21-23-25-27-29-30-31-32-33-34-35-36-37-38-39-40-41-42-44-46-48-50-52-54-56-58-60-62-64-66-68-73(76)78-71(69-74)70-77-72(75)67-65-63-61-59-57-55-53-51-49-47-45-43-28-26-24-22-20-18-16-14-12-10-8-6-4-2/h5,7,11,13,16-19,22-25,28-30,32-33,35-36,38-39,41-43,46,48,71,74H,3-4,6,8-10,12,14-15,20-21,26-27,31,34,37,40,44-45,47,49-70H2,1-2H3/b7-5-,13-11-,18-16-,19-17-,24-22-,25-23-,30-29-,33-32-,36-35-,39-38-,42-41-,43-28-,48-46-. The molecule has 1 atom stereocenters. The smallest absolute Gasteiger partial charge is 0.306 e. The average molecular weight is 1080 g/mol. The third-order valence-corrected chi connectivity index (χ3v) is 13.3. The van der Waals surface area contributed by atoms with E-state index in [4.69, 9.17) is 9.47 Å². The number of unbranched alkanes of at least 4 members (excludes halogenated alkanes) is 23. The molecule has 5 heteroatoms. The van der Waals surface area contributed by atoms with Gasteiger partial charge in [-0.15, -0.1) is 0 Å². The van der Waals surface area contributed by atoms with Gasteiger partial charge in [-0.05, 0) is 128 Å². The van der Waals surface area contributed by atoms with E-state index < -0.39 is 6.10 Å². The van der Waals surface area contributed by atoms with Gasteiger partial charge in [0.15, 0.2) is 6.10 Å². The number of ether oxygens (including phenoxy) is 2. The third kappa shape index (κ3) is 64.0. The minimum absolute atomic E-state index is 0.0798. The minimum Gasteiger partial charge on any atom is -0.462 e. The lowest BCUT2D eigenvalue weighted by Gasteiger charge is -2.15. The Morgan fingerprint density at radius 1 is 0.308 bits per heavy atom. The molecule has 1 N–H and O–H groups in total. The maximum Gasteiger partial charge on any atom is 0.306 e. The fraction of sp³-hybridized carbons (Fsp3) is 0.616. The van der Waals surface area contributed by atoms with Gasteiger partial charge >= 0.3 is 11.9 Å². The zero-order valence-electron chi connectivity index (χ0n) is 50.4. The second-order valence-corrected chi connectivity index (χ2v) is 20.8. The van der Waals surface area contributed by atoms with Crippen molar-refractivity contribution in [2.45, 2.75) is 277 Å². The summed E-state index contributed by atoms with van der Waals surface area (Å²) in [5.41, 5.74) is 0. The molecule has 0 amide bonds. The van der Waals surface area contributed by atoms with Gasteiger partial charge in [0.05, 0.1) is 6.61 Å². The van der Waals surface area contributed by atoms with Crippen LogP contribution in [0.1, 0.15) is 271 Å². The Morgan fingerprint density at radius 2 is 0.551 bits per heavy atom. The molecule has 0 saturated heterocycles. The van der Waals surface area contributed by atoms with E-state index in [0.29, 0.717) is 12.8 Å². The molecule has 0 aliphatic heterocycles. The van der Waals surface area contributed by atoms with Crippen molar-refractivity contribution < 1.29 is 24.2 Å². The first-order valence-electron chi connectivity index (χ1n) is 32.0. The Labute approximate surface area is 481 Å². The number of aliphatic hydroxyl groups is 1. The average Bonchev–Trinajstić information content (AvgIpc) is 3.44. The molecular formula is C73H118O5. The predicted molar refractivity (Wildman–Crippen MR) is 343 cm³/mol. The number of allylic oxidation sites excluding steroid dienone is 26.